The summed E-state index contributed by atoms with van der Waals surface area (Å²) in [4.78, 5) is 31.6. The number of benzene rings is 3. The Bertz CT molecular complexity index is 1330. The summed E-state index contributed by atoms with van der Waals surface area (Å²) in [6.07, 6.45) is -3.26. The molecule has 11 heteroatoms. The van der Waals surface area contributed by atoms with Gasteiger partial charge < -0.3 is 10.1 Å². The van der Waals surface area contributed by atoms with Crippen molar-refractivity contribution in [3.05, 3.63) is 94.6 Å². The molecule has 2 amide bonds. The molecule has 1 N–H and O–H groups in total. The van der Waals surface area contributed by atoms with E-state index >= 15 is 0 Å². The van der Waals surface area contributed by atoms with Gasteiger partial charge in [0.25, 0.3) is 5.91 Å². The van der Waals surface area contributed by atoms with Crippen LogP contribution >= 0.6 is 27.7 Å². The van der Waals surface area contributed by atoms with Crippen molar-refractivity contribution < 1.29 is 27.5 Å². The van der Waals surface area contributed by atoms with E-state index in [4.69, 9.17) is 0 Å². The van der Waals surface area contributed by atoms with Gasteiger partial charge in [0.15, 0.2) is 10.9 Å². The molecule has 4 rings (SSSR count). The third-order valence-electron chi connectivity index (χ3n) is 4.74. The van der Waals surface area contributed by atoms with Crippen LogP contribution in [0.5, 0.6) is 5.75 Å². The summed E-state index contributed by atoms with van der Waals surface area (Å²) in [7, 11) is 0. The second kappa shape index (κ2) is 11.0. The van der Waals surface area contributed by atoms with Crippen LogP contribution in [0.25, 0.3) is 6.08 Å². The molecule has 0 unspecified atom stereocenters. The summed E-state index contributed by atoms with van der Waals surface area (Å²) in [6, 6.07) is 21.4. The molecule has 3 aromatic carbocycles. The number of hydrogen-bond acceptors (Lipinski definition) is 5. The molecule has 3 aromatic rings. The van der Waals surface area contributed by atoms with Gasteiger partial charge in [-0.3, -0.25) is 14.5 Å². The van der Waals surface area contributed by atoms with E-state index in [0.717, 1.165) is 27.9 Å². The van der Waals surface area contributed by atoms with Gasteiger partial charge in [-0.2, -0.15) is 0 Å². The zero-order chi connectivity index (χ0) is 25.7. The summed E-state index contributed by atoms with van der Waals surface area (Å²) in [5.74, 6) is -1.69. The number of carbonyl (C=O) groups is 2. The van der Waals surface area contributed by atoms with Crippen molar-refractivity contribution in [3.8, 4) is 5.75 Å². The first-order chi connectivity index (χ1) is 17.2. The molecule has 0 radical (unpaired) electrons. The number of ether oxygens (including phenoxy) is 1. The van der Waals surface area contributed by atoms with E-state index in [0.29, 0.717) is 5.69 Å². The Kier molecular flexibility index (Phi) is 7.80. The Morgan fingerprint density at radius 2 is 1.69 bits per heavy atom. The second-order valence-electron chi connectivity index (χ2n) is 7.33. The van der Waals surface area contributed by atoms with E-state index in [9.17, 15) is 22.8 Å². The largest absolute Gasteiger partial charge is 0.573 e. The first-order valence-electron chi connectivity index (χ1n) is 10.4. The quantitative estimate of drug-likeness (QED) is 0.342. The maximum absolute atomic E-state index is 13.2. The number of amides is 2. The first-order valence-corrected chi connectivity index (χ1v) is 12.2. The molecule has 36 heavy (non-hydrogen) atoms. The molecule has 1 aliphatic heterocycles. The highest BCUT2D eigenvalue weighted by atomic mass is 79.9. The number of halogens is 4. The minimum Gasteiger partial charge on any atom is -0.404 e. The minimum absolute atomic E-state index is 0.124. The van der Waals surface area contributed by atoms with Crippen LogP contribution in [-0.2, 0) is 9.59 Å². The number of nitrogens with one attached hydrogen (secondary N) is 1. The number of thioether (sulfide) groups is 1. The fourth-order valence-electron chi connectivity index (χ4n) is 3.21. The normalized spacial score (nSPS) is 14.7. The Morgan fingerprint density at radius 1 is 1.03 bits per heavy atom. The molecule has 0 atom stereocenters. The molecule has 0 saturated carbocycles. The van der Waals surface area contributed by atoms with E-state index in [1.54, 1.807) is 36.4 Å². The van der Waals surface area contributed by atoms with Crippen LogP contribution in [0.4, 0.5) is 24.5 Å². The molecule has 1 aliphatic rings. The standard InChI is InChI=1S/C25H17BrF3N3O3S/c26-17-12-10-16(11-13-17)14-20-23(34)32(18-6-2-1-3-7-18)24(31-20)36-15-22(33)30-19-8-4-5-9-21(19)35-25(27,28)29/h1-14H,15H2,(H,30,33)/b20-14+. The van der Waals surface area contributed by atoms with Gasteiger partial charge in [-0.1, -0.05) is 70.2 Å². The average molecular weight is 576 g/mol. The highest BCUT2D eigenvalue weighted by Gasteiger charge is 2.33. The minimum atomic E-state index is -4.90. The monoisotopic (exact) mass is 575 g/mol. The van der Waals surface area contributed by atoms with E-state index in [1.165, 1.54) is 23.1 Å². The van der Waals surface area contributed by atoms with Crippen LogP contribution in [0, 0.1) is 0 Å². The summed E-state index contributed by atoms with van der Waals surface area (Å²) >= 11 is 4.35. The van der Waals surface area contributed by atoms with Crippen molar-refractivity contribution in [2.45, 2.75) is 6.36 Å². The molecular weight excluding hydrogens is 559 g/mol. The predicted octanol–water partition coefficient (Wildman–Crippen LogP) is 6.46. The van der Waals surface area contributed by atoms with Crippen molar-refractivity contribution in [2.24, 2.45) is 4.99 Å². The SMILES string of the molecule is O=C(CSC1=N/C(=C/c2ccc(Br)cc2)C(=O)N1c1ccccc1)Nc1ccccc1OC(F)(F)F. The zero-order valence-corrected chi connectivity index (χ0v) is 20.7. The average Bonchev–Trinajstić information content (AvgIpc) is 3.15. The van der Waals surface area contributed by atoms with Crippen LogP contribution < -0.4 is 15.0 Å². The summed E-state index contributed by atoms with van der Waals surface area (Å²) in [6.45, 7) is 0. The van der Waals surface area contributed by atoms with Crippen molar-refractivity contribution in [2.75, 3.05) is 16.0 Å². The number of amidine groups is 1. The number of anilines is 2. The molecule has 0 aliphatic carbocycles. The first kappa shape index (κ1) is 25.5. The van der Waals surface area contributed by atoms with Crippen molar-refractivity contribution in [3.63, 3.8) is 0 Å². The molecular formula is C25H17BrF3N3O3S. The number of para-hydroxylation sites is 3. The summed E-state index contributed by atoms with van der Waals surface area (Å²) in [5.41, 5.74) is 1.40. The molecule has 0 aromatic heterocycles. The number of nitrogens with zero attached hydrogens (tertiary/aromatic N) is 2. The summed E-state index contributed by atoms with van der Waals surface area (Å²) < 4.78 is 42.9. The Balaban J connectivity index is 1.53. The smallest absolute Gasteiger partial charge is 0.404 e. The highest BCUT2D eigenvalue weighted by molar-refractivity contribution is 9.10. The number of carbonyl (C=O) groups excluding carboxylic acids is 2. The molecule has 0 spiro atoms. The lowest BCUT2D eigenvalue weighted by Crippen LogP contribution is -2.31. The van der Waals surface area contributed by atoms with Crippen LogP contribution in [0.1, 0.15) is 5.56 Å². The van der Waals surface area contributed by atoms with Gasteiger partial charge in [0.2, 0.25) is 5.91 Å². The van der Waals surface area contributed by atoms with Crippen LogP contribution in [0.3, 0.4) is 0 Å². The number of hydrogen-bond donors (Lipinski definition) is 1. The van der Waals surface area contributed by atoms with Gasteiger partial charge in [-0.25, -0.2) is 4.99 Å². The molecule has 184 valence electrons. The molecule has 0 fully saturated rings. The number of rotatable bonds is 6. The van der Waals surface area contributed by atoms with Gasteiger partial charge in [-0.05, 0) is 48.0 Å². The van der Waals surface area contributed by atoms with Crippen molar-refractivity contribution in [1.29, 1.82) is 0 Å². The van der Waals surface area contributed by atoms with Gasteiger partial charge in [0, 0.05) is 4.47 Å². The Morgan fingerprint density at radius 3 is 2.39 bits per heavy atom. The second-order valence-corrected chi connectivity index (χ2v) is 9.19. The fourth-order valence-corrected chi connectivity index (χ4v) is 4.29. The fraction of sp³-hybridized carbons (Fsp3) is 0.0800. The van der Waals surface area contributed by atoms with Crippen molar-refractivity contribution >= 4 is 62.1 Å². The Labute approximate surface area is 217 Å². The summed E-state index contributed by atoms with van der Waals surface area (Å²) in [5, 5.41) is 2.69. The highest BCUT2D eigenvalue weighted by Crippen LogP contribution is 2.32. The Hall–Kier alpha value is -3.57. The van der Waals surface area contributed by atoms with Gasteiger partial charge >= 0.3 is 6.36 Å². The topological polar surface area (TPSA) is 71.0 Å². The van der Waals surface area contributed by atoms with Gasteiger partial charge in [-0.15, -0.1) is 13.2 Å². The maximum Gasteiger partial charge on any atom is 0.573 e. The van der Waals surface area contributed by atoms with E-state index < -0.39 is 18.0 Å². The van der Waals surface area contributed by atoms with Crippen LogP contribution in [0.2, 0.25) is 0 Å². The predicted molar refractivity (Wildman–Crippen MR) is 138 cm³/mol. The van der Waals surface area contributed by atoms with Gasteiger partial charge in [0.05, 0.1) is 17.1 Å². The van der Waals surface area contributed by atoms with Crippen LogP contribution in [-0.4, -0.2) is 29.1 Å². The lowest BCUT2D eigenvalue weighted by Gasteiger charge is -2.18. The molecule has 0 bridgehead atoms. The van der Waals surface area contributed by atoms with E-state index in [2.05, 4.69) is 31.0 Å². The maximum atomic E-state index is 13.2. The van der Waals surface area contributed by atoms with E-state index in [-0.39, 0.29) is 28.2 Å². The molecule has 0 saturated heterocycles. The lowest BCUT2D eigenvalue weighted by molar-refractivity contribution is -0.274. The molecule has 6 nitrogen and oxygen atoms in total. The number of alkyl halides is 3. The number of aliphatic imine (C=N–C) groups is 1. The molecule has 1 heterocycles. The third-order valence-corrected chi connectivity index (χ3v) is 6.20. The van der Waals surface area contributed by atoms with E-state index in [1.807, 2.05) is 24.3 Å². The lowest BCUT2D eigenvalue weighted by atomic mass is 10.2. The third kappa shape index (κ3) is 6.55. The van der Waals surface area contributed by atoms with Crippen LogP contribution in [0.15, 0.2) is 94.0 Å². The van der Waals surface area contributed by atoms with Crippen molar-refractivity contribution in [1.82, 2.24) is 0 Å². The zero-order valence-electron chi connectivity index (χ0n) is 18.3. The van der Waals surface area contributed by atoms with Gasteiger partial charge in [0.1, 0.15) is 5.70 Å².